The SMILES string of the molecule is CC(=O)c1sc(N2CCCC(C)C2)nc1C. The molecule has 1 aliphatic heterocycles. The van der Waals surface area contributed by atoms with Crippen molar-refractivity contribution >= 4 is 22.3 Å². The van der Waals surface area contributed by atoms with Crippen molar-refractivity contribution in [3.05, 3.63) is 10.6 Å². The molecule has 3 nitrogen and oxygen atoms in total. The van der Waals surface area contributed by atoms with Crippen LogP contribution in [0.1, 0.15) is 42.1 Å². The lowest BCUT2D eigenvalue weighted by Gasteiger charge is -2.30. The number of thiazole rings is 1. The van der Waals surface area contributed by atoms with Crippen LogP contribution in [0.4, 0.5) is 5.13 Å². The third-order valence-electron chi connectivity index (χ3n) is 3.03. The monoisotopic (exact) mass is 238 g/mol. The molecular weight excluding hydrogens is 220 g/mol. The molecule has 16 heavy (non-hydrogen) atoms. The molecule has 1 aliphatic rings. The normalized spacial score (nSPS) is 21.2. The molecule has 0 aromatic carbocycles. The Hall–Kier alpha value is -0.900. The van der Waals surface area contributed by atoms with E-state index in [1.807, 2.05) is 6.92 Å². The molecule has 2 heterocycles. The summed E-state index contributed by atoms with van der Waals surface area (Å²) in [7, 11) is 0. The van der Waals surface area contributed by atoms with E-state index in [1.54, 1.807) is 18.3 Å². The first kappa shape index (κ1) is 11.6. The number of aryl methyl sites for hydroxylation is 1. The average molecular weight is 238 g/mol. The topological polar surface area (TPSA) is 33.2 Å². The Kier molecular flexibility index (Phi) is 3.28. The van der Waals surface area contributed by atoms with Crippen LogP contribution in [-0.4, -0.2) is 23.9 Å². The number of ketones is 1. The number of carbonyl (C=O) groups is 1. The van der Waals surface area contributed by atoms with E-state index in [0.717, 1.165) is 34.7 Å². The van der Waals surface area contributed by atoms with Gasteiger partial charge >= 0.3 is 0 Å². The summed E-state index contributed by atoms with van der Waals surface area (Å²) in [5.41, 5.74) is 0.880. The highest BCUT2D eigenvalue weighted by molar-refractivity contribution is 7.17. The summed E-state index contributed by atoms with van der Waals surface area (Å²) in [6.45, 7) is 7.96. The van der Waals surface area contributed by atoms with Crippen LogP contribution in [0.5, 0.6) is 0 Å². The van der Waals surface area contributed by atoms with Gasteiger partial charge < -0.3 is 4.90 Å². The third-order valence-corrected chi connectivity index (χ3v) is 4.35. The van der Waals surface area contributed by atoms with Crippen molar-refractivity contribution in [2.45, 2.75) is 33.6 Å². The van der Waals surface area contributed by atoms with Gasteiger partial charge in [-0.25, -0.2) is 4.98 Å². The first-order valence-electron chi connectivity index (χ1n) is 5.81. The van der Waals surface area contributed by atoms with Gasteiger partial charge in [0.15, 0.2) is 10.9 Å². The number of carbonyl (C=O) groups excluding carboxylic acids is 1. The number of hydrogen-bond acceptors (Lipinski definition) is 4. The number of rotatable bonds is 2. The second kappa shape index (κ2) is 4.53. The van der Waals surface area contributed by atoms with Crippen LogP contribution in [0.2, 0.25) is 0 Å². The molecule has 1 aromatic heterocycles. The number of aromatic nitrogens is 1. The van der Waals surface area contributed by atoms with E-state index in [9.17, 15) is 4.79 Å². The molecule has 4 heteroatoms. The first-order valence-corrected chi connectivity index (χ1v) is 6.63. The second-order valence-corrected chi connectivity index (χ2v) is 5.64. The predicted molar refractivity (Wildman–Crippen MR) is 67.5 cm³/mol. The molecule has 1 atom stereocenters. The molecule has 1 saturated heterocycles. The summed E-state index contributed by atoms with van der Waals surface area (Å²) in [5, 5.41) is 1.02. The standard InChI is InChI=1S/C12H18N2OS/c1-8-5-4-6-14(7-8)12-13-9(2)11(16-12)10(3)15/h8H,4-7H2,1-3H3. The Morgan fingerprint density at radius 1 is 1.56 bits per heavy atom. The minimum absolute atomic E-state index is 0.131. The number of hydrogen-bond donors (Lipinski definition) is 0. The van der Waals surface area contributed by atoms with Crippen molar-refractivity contribution in [1.82, 2.24) is 4.98 Å². The molecule has 1 unspecified atom stereocenters. The minimum Gasteiger partial charge on any atom is -0.348 e. The van der Waals surface area contributed by atoms with Gasteiger partial charge in [-0.1, -0.05) is 18.3 Å². The third kappa shape index (κ3) is 2.26. The van der Waals surface area contributed by atoms with Crippen LogP contribution in [0, 0.1) is 12.8 Å². The van der Waals surface area contributed by atoms with Gasteiger partial charge in [-0.05, 0) is 25.7 Å². The molecule has 0 radical (unpaired) electrons. The fourth-order valence-corrected chi connectivity index (χ4v) is 3.20. The van der Waals surface area contributed by atoms with E-state index in [-0.39, 0.29) is 5.78 Å². The quantitative estimate of drug-likeness (QED) is 0.743. The fourth-order valence-electron chi connectivity index (χ4n) is 2.21. The molecule has 1 aromatic rings. The van der Waals surface area contributed by atoms with Crippen molar-refractivity contribution in [3.8, 4) is 0 Å². The van der Waals surface area contributed by atoms with Crippen molar-refractivity contribution in [2.24, 2.45) is 5.92 Å². The Labute approximate surface area is 100 Å². The molecule has 0 spiro atoms. The Balaban J connectivity index is 2.20. The maximum Gasteiger partial charge on any atom is 0.186 e. The van der Waals surface area contributed by atoms with Gasteiger partial charge in [-0.3, -0.25) is 4.79 Å². The molecule has 0 aliphatic carbocycles. The lowest BCUT2D eigenvalue weighted by atomic mass is 10.0. The van der Waals surface area contributed by atoms with Crippen LogP contribution in [0.3, 0.4) is 0 Å². The van der Waals surface area contributed by atoms with Crippen molar-refractivity contribution < 1.29 is 4.79 Å². The summed E-state index contributed by atoms with van der Waals surface area (Å²) >= 11 is 1.54. The number of Topliss-reactive ketones (excluding diaryl/α,β-unsaturated/α-hetero) is 1. The van der Waals surface area contributed by atoms with Crippen molar-refractivity contribution in [3.63, 3.8) is 0 Å². The van der Waals surface area contributed by atoms with Gasteiger partial charge in [0.25, 0.3) is 0 Å². The Bertz CT molecular complexity index is 400. The zero-order valence-electron chi connectivity index (χ0n) is 10.1. The zero-order chi connectivity index (χ0) is 11.7. The summed E-state index contributed by atoms with van der Waals surface area (Å²) in [6, 6.07) is 0. The number of anilines is 1. The van der Waals surface area contributed by atoms with E-state index in [4.69, 9.17) is 0 Å². The molecular formula is C12H18N2OS. The summed E-state index contributed by atoms with van der Waals surface area (Å²) in [4.78, 5) is 19.0. The maximum atomic E-state index is 11.4. The Morgan fingerprint density at radius 2 is 2.31 bits per heavy atom. The largest absolute Gasteiger partial charge is 0.348 e. The van der Waals surface area contributed by atoms with Gasteiger partial charge in [0.05, 0.1) is 10.6 Å². The van der Waals surface area contributed by atoms with Crippen molar-refractivity contribution in [1.29, 1.82) is 0 Å². The highest BCUT2D eigenvalue weighted by Gasteiger charge is 2.21. The number of nitrogens with zero attached hydrogens (tertiary/aromatic N) is 2. The van der Waals surface area contributed by atoms with Gasteiger partial charge in [0, 0.05) is 20.0 Å². The molecule has 1 fully saturated rings. The van der Waals surface area contributed by atoms with E-state index >= 15 is 0 Å². The van der Waals surface area contributed by atoms with Crippen LogP contribution in [0.25, 0.3) is 0 Å². The second-order valence-electron chi connectivity index (χ2n) is 4.66. The summed E-state index contributed by atoms with van der Waals surface area (Å²) < 4.78 is 0. The van der Waals surface area contributed by atoms with E-state index < -0.39 is 0 Å². The fraction of sp³-hybridized carbons (Fsp3) is 0.667. The molecule has 0 amide bonds. The van der Waals surface area contributed by atoms with E-state index in [1.165, 1.54) is 12.8 Å². The lowest BCUT2D eigenvalue weighted by Crippen LogP contribution is -2.34. The molecule has 88 valence electrons. The summed E-state index contributed by atoms with van der Waals surface area (Å²) in [5.74, 6) is 0.866. The van der Waals surface area contributed by atoms with Gasteiger partial charge in [-0.15, -0.1) is 0 Å². The van der Waals surface area contributed by atoms with Gasteiger partial charge in [-0.2, -0.15) is 0 Å². The van der Waals surface area contributed by atoms with E-state index in [2.05, 4.69) is 16.8 Å². The zero-order valence-corrected chi connectivity index (χ0v) is 10.9. The predicted octanol–water partition coefficient (Wildman–Crippen LogP) is 2.89. The van der Waals surface area contributed by atoms with Gasteiger partial charge in [0.2, 0.25) is 0 Å². The van der Waals surface area contributed by atoms with Crippen LogP contribution < -0.4 is 4.90 Å². The highest BCUT2D eigenvalue weighted by atomic mass is 32.1. The minimum atomic E-state index is 0.131. The molecule has 0 N–H and O–H groups in total. The average Bonchev–Trinajstić information content (AvgIpc) is 2.60. The van der Waals surface area contributed by atoms with Crippen LogP contribution in [0.15, 0.2) is 0 Å². The maximum absolute atomic E-state index is 11.4. The highest BCUT2D eigenvalue weighted by Crippen LogP contribution is 2.29. The van der Waals surface area contributed by atoms with Crippen LogP contribution in [-0.2, 0) is 0 Å². The molecule has 0 saturated carbocycles. The van der Waals surface area contributed by atoms with Gasteiger partial charge in [0.1, 0.15) is 0 Å². The lowest BCUT2D eigenvalue weighted by molar-refractivity contribution is 0.102. The molecule has 0 bridgehead atoms. The van der Waals surface area contributed by atoms with Crippen molar-refractivity contribution in [2.75, 3.05) is 18.0 Å². The summed E-state index contributed by atoms with van der Waals surface area (Å²) in [6.07, 6.45) is 2.54. The molecule has 2 rings (SSSR count). The Morgan fingerprint density at radius 3 is 2.88 bits per heavy atom. The first-order chi connectivity index (χ1) is 7.58. The number of piperidine rings is 1. The smallest absolute Gasteiger partial charge is 0.186 e. The van der Waals surface area contributed by atoms with E-state index in [0.29, 0.717) is 0 Å². The van der Waals surface area contributed by atoms with Crippen LogP contribution >= 0.6 is 11.3 Å².